The second kappa shape index (κ2) is 5.46. The first kappa shape index (κ1) is 13.2. The summed E-state index contributed by atoms with van der Waals surface area (Å²) >= 11 is 0. The average molecular weight is 250 g/mol. The predicted octanol–water partition coefficient (Wildman–Crippen LogP) is 3.14. The Labute approximate surface area is 105 Å². The van der Waals surface area contributed by atoms with Crippen LogP contribution in [0.2, 0.25) is 0 Å². The molecule has 2 aromatic rings. The van der Waals surface area contributed by atoms with Crippen molar-refractivity contribution in [3.63, 3.8) is 0 Å². The van der Waals surface area contributed by atoms with Gasteiger partial charge in [-0.15, -0.1) is 12.4 Å². The van der Waals surface area contributed by atoms with E-state index < -0.39 is 5.97 Å². The summed E-state index contributed by atoms with van der Waals surface area (Å²) in [7, 11) is 0. The van der Waals surface area contributed by atoms with Crippen molar-refractivity contribution in [1.82, 2.24) is 4.98 Å². The van der Waals surface area contributed by atoms with E-state index in [1.807, 2.05) is 30.3 Å². The van der Waals surface area contributed by atoms with E-state index in [9.17, 15) is 4.79 Å². The summed E-state index contributed by atoms with van der Waals surface area (Å²) in [5, 5.41) is 9.67. The first-order chi connectivity index (χ1) is 7.66. The summed E-state index contributed by atoms with van der Waals surface area (Å²) in [6, 6.07) is 9.69. The molecule has 17 heavy (non-hydrogen) atoms. The van der Waals surface area contributed by atoms with Crippen molar-refractivity contribution in [3.8, 4) is 0 Å². The molecule has 0 atom stereocenters. The molecule has 0 fully saturated rings. The molecule has 2 rings (SSSR count). The van der Waals surface area contributed by atoms with Gasteiger partial charge >= 0.3 is 5.97 Å². The summed E-state index contributed by atoms with van der Waals surface area (Å²) in [4.78, 5) is 14.8. The van der Waals surface area contributed by atoms with Crippen LogP contribution in [0.5, 0.6) is 0 Å². The molecule has 0 aliphatic rings. The number of carbonyl (C=O) groups is 1. The first-order valence-electron chi connectivity index (χ1n) is 4.93. The molecule has 0 aliphatic carbocycles. The molecule has 1 heterocycles. The maximum atomic E-state index is 10.5. The fourth-order valence-corrected chi connectivity index (χ4v) is 1.56. The molecule has 4 heteroatoms. The van der Waals surface area contributed by atoms with Crippen LogP contribution >= 0.6 is 12.4 Å². The summed E-state index contributed by atoms with van der Waals surface area (Å²) in [5.74, 6) is -0.939. The van der Waals surface area contributed by atoms with Crippen molar-refractivity contribution < 1.29 is 9.90 Å². The summed E-state index contributed by atoms with van der Waals surface area (Å²) in [5.41, 5.74) is 2.45. The maximum Gasteiger partial charge on any atom is 0.328 e. The van der Waals surface area contributed by atoms with Gasteiger partial charge in [-0.2, -0.15) is 0 Å². The molecule has 0 amide bonds. The van der Waals surface area contributed by atoms with Crippen LogP contribution in [0.1, 0.15) is 12.5 Å². The zero-order valence-electron chi connectivity index (χ0n) is 9.25. The first-order valence-corrected chi connectivity index (χ1v) is 4.93. The molecule has 0 unspecified atom stereocenters. The van der Waals surface area contributed by atoms with Gasteiger partial charge in [-0.05, 0) is 30.2 Å². The molecule has 1 N–H and O–H groups in total. The third-order valence-corrected chi connectivity index (χ3v) is 2.39. The van der Waals surface area contributed by atoms with Crippen molar-refractivity contribution in [2.24, 2.45) is 0 Å². The number of fused-ring (bicyclic) bond motifs is 1. The van der Waals surface area contributed by atoms with Crippen molar-refractivity contribution in [3.05, 3.63) is 48.2 Å². The second-order valence-electron chi connectivity index (χ2n) is 3.58. The molecule has 1 aromatic carbocycles. The van der Waals surface area contributed by atoms with Gasteiger partial charge in [0.2, 0.25) is 0 Å². The van der Waals surface area contributed by atoms with Gasteiger partial charge in [0.25, 0.3) is 0 Å². The fraction of sp³-hybridized carbons (Fsp3) is 0.0769. The quantitative estimate of drug-likeness (QED) is 0.832. The minimum absolute atomic E-state index is 0. The van der Waals surface area contributed by atoms with E-state index in [4.69, 9.17) is 5.11 Å². The highest BCUT2D eigenvalue weighted by Crippen LogP contribution is 2.18. The normalized spacial score (nSPS) is 11.0. The second-order valence-corrected chi connectivity index (χ2v) is 3.58. The van der Waals surface area contributed by atoms with Crippen LogP contribution in [0.3, 0.4) is 0 Å². The lowest BCUT2D eigenvalue weighted by Crippen LogP contribution is -1.91. The monoisotopic (exact) mass is 249 g/mol. The maximum absolute atomic E-state index is 10.5. The van der Waals surface area contributed by atoms with Crippen molar-refractivity contribution >= 4 is 34.9 Å². The largest absolute Gasteiger partial charge is 0.478 e. The van der Waals surface area contributed by atoms with Gasteiger partial charge in [-0.1, -0.05) is 18.2 Å². The van der Waals surface area contributed by atoms with Gasteiger partial charge in [0.05, 0.1) is 5.52 Å². The molecule has 0 spiro atoms. The lowest BCUT2D eigenvalue weighted by molar-refractivity contribution is -0.131. The number of carboxylic acids is 1. The van der Waals surface area contributed by atoms with E-state index in [0.29, 0.717) is 5.57 Å². The van der Waals surface area contributed by atoms with Gasteiger partial charge in [0.1, 0.15) is 0 Å². The molecule has 0 saturated heterocycles. The highest BCUT2D eigenvalue weighted by Gasteiger charge is 2.01. The topological polar surface area (TPSA) is 50.2 Å². The van der Waals surface area contributed by atoms with Crippen LogP contribution in [0.25, 0.3) is 16.5 Å². The summed E-state index contributed by atoms with van der Waals surface area (Å²) in [6.45, 7) is 1.76. The Balaban J connectivity index is 0.00000144. The highest BCUT2D eigenvalue weighted by atomic mass is 35.5. The Morgan fingerprint density at radius 1 is 1.35 bits per heavy atom. The van der Waals surface area contributed by atoms with E-state index in [-0.39, 0.29) is 12.4 Å². The number of rotatable bonds is 2. The Hall–Kier alpha value is -1.87. The third kappa shape index (κ3) is 3.04. The van der Waals surface area contributed by atoms with Crippen molar-refractivity contribution in [1.29, 1.82) is 0 Å². The van der Waals surface area contributed by atoms with E-state index in [0.717, 1.165) is 16.5 Å². The molecular weight excluding hydrogens is 238 g/mol. The van der Waals surface area contributed by atoms with Crippen LogP contribution in [0, 0.1) is 0 Å². The Morgan fingerprint density at radius 3 is 2.76 bits per heavy atom. The van der Waals surface area contributed by atoms with Crippen LogP contribution in [0.4, 0.5) is 0 Å². The van der Waals surface area contributed by atoms with Crippen LogP contribution < -0.4 is 0 Å². The fourth-order valence-electron chi connectivity index (χ4n) is 1.56. The molecule has 1 aromatic heterocycles. The Bertz CT molecular complexity index is 578. The van der Waals surface area contributed by atoms with Gasteiger partial charge in [0, 0.05) is 17.7 Å². The number of carboxylic acid groups (broad SMARTS) is 1. The number of aromatic nitrogens is 1. The molecule has 88 valence electrons. The number of hydrogen-bond acceptors (Lipinski definition) is 2. The number of hydrogen-bond donors (Lipinski definition) is 1. The SMILES string of the molecule is CC(=CC(=O)O)c1cnc2ccccc2c1.Cl. The van der Waals surface area contributed by atoms with Gasteiger partial charge in [-0.25, -0.2) is 4.79 Å². The number of nitrogens with zero attached hydrogens (tertiary/aromatic N) is 1. The van der Waals surface area contributed by atoms with Crippen LogP contribution in [-0.4, -0.2) is 16.1 Å². The van der Waals surface area contributed by atoms with Crippen molar-refractivity contribution in [2.75, 3.05) is 0 Å². The summed E-state index contributed by atoms with van der Waals surface area (Å²) < 4.78 is 0. The molecule has 0 radical (unpaired) electrons. The van der Waals surface area contributed by atoms with Crippen LogP contribution in [-0.2, 0) is 4.79 Å². The lowest BCUT2D eigenvalue weighted by Gasteiger charge is -2.02. The Morgan fingerprint density at radius 2 is 2.06 bits per heavy atom. The van der Waals surface area contributed by atoms with E-state index in [1.165, 1.54) is 6.08 Å². The molecule has 0 bridgehead atoms. The smallest absolute Gasteiger partial charge is 0.328 e. The molecular formula is C13H12ClNO2. The number of benzene rings is 1. The van der Waals surface area contributed by atoms with Gasteiger partial charge in [0.15, 0.2) is 0 Å². The number of halogens is 1. The molecule has 0 saturated carbocycles. The highest BCUT2D eigenvalue weighted by molar-refractivity contribution is 5.91. The zero-order valence-corrected chi connectivity index (χ0v) is 10.1. The van der Waals surface area contributed by atoms with Gasteiger partial charge < -0.3 is 5.11 Å². The number of allylic oxidation sites excluding steroid dienone is 1. The van der Waals surface area contributed by atoms with E-state index in [1.54, 1.807) is 13.1 Å². The average Bonchev–Trinajstić information content (AvgIpc) is 2.27. The van der Waals surface area contributed by atoms with Gasteiger partial charge in [-0.3, -0.25) is 4.98 Å². The number of para-hydroxylation sites is 1. The molecule has 3 nitrogen and oxygen atoms in total. The predicted molar refractivity (Wildman–Crippen MR) is 70.3 cm³/mol. The zero-order chi connectivity index (χ0) is 11.5. The minimum Gasteiger partial charge on any atom is -0.478 e. The standard InChI is InChI=1S/C13H11NO2.ClH/c1-9(6-13(15)16)11-7-10-4-2-3-5-12(10)14-8-11;/h2-8H,1H3,(H,15,16);1H. The van der Waals surface area contributed by atoms with Crippen molar-refractivity contribution in [2.45, 2.75) is 6.92 Å². The summed E-state index contributed by atoms with van der Waals surface area (Å²) in [6.07, 6.45) is 2.88. The van der Waals surface area contributed by atoms with E-state index in [2.05, 4.69) is 4.98 Å². The van der Waals surface area contributed by atoms with E-state index >= 15 is 0 Å². The molecule has 0 aliphatic heterocycles. The van der Waals surface area contributed by atoms with Crippen LogP contribution in [0.15, 0.2) is 42.6 Å². The number of aliphatic carboxylic acids is 1. The third-order valence-electron chi connectivity index (χ3n) is 2.39. The minimum atomic E-state index is -0.939. The number of pyridine rings is 1. The lowest BCUT2D eigenvalue weighted by atomic mass is 10.1. The Kier molecular flexibility index (Phi) is 4.24.